The van der Waals surface area contributed by atoms with Crippen LogP contribution >= 0.6 is 0 Å². The van der Waals surface area contributed by atoms with E-state index < -0.39 is 11.8 Å². The first-order chi connectivity index (χ1) is 7.15. The minimum absolute atomic E-state index is 0.0339. The van der Waals surface area contributed by atoms with Crippen molar-refractivity contribution in [3.8, 4) is 0 Å². The van der Waals surface area contributed by atoms with Gasteiger partial charge in [-0.3, -0.25) is 0 Å². The van der Waals surface area contributed by atoms with Gasteiger partial charge in [0.15, 0.2) is 0 Å². The van der Waals surface area contributed by atoms with E-state index in [4.69, 9.17) is 10.2 Å². The Morgan fingerprint density at radius 1 is 1.47 bits per heavy atom. The molecule has 2 N–H and O–H groups in total. The predicted octanol–water partition coefficient (Wildman–Crippen LogP) is 1.92. The van der Waals surface area contributed by atoms with Gasteiger partial charge < -0.3 is 10.2 Å². The Morgan fingerprint density at radius 3 is 2.73 bits per heavy atom. The van der Waals surface area contributed by atoms with Crippen molar-refractivity contribution in [1.82, 2.24) is 0 Å². The van der Waals surface area contributed by atoms with Crippen molar-refractivity contribution >= 4 is 12.0 Å². The van der Waals surface area contributed by atoms with Gasteiger partial charge in [-0.25, -0.2) is 9.18 Å². The lowest BCUT2D eigenvalue weighted by atomic mass is 10.1. The molecule has 3 nitrogen and oxygen atoms in total. The maximum Gasteiger partial charge on any atom is 0.338 e. The van der Waals surface area contributed by atoms with E-state index >= 15 is 0 Å². The quantitative estimate of drug-likeness (QED) is 0.798. The second-order valence-electron chi connectivity index (χ2n) is 2.96. The second-order valence-corrected chi connectivity index (χ2v) is 2.96. The molecule has 0 bridgehead atoms. The predicted molar refractivity (Wildman–Crippen MR) is 54.1 cm³/mol. The number of hydrogen-bond acceptors (Lipinski definition) is 2. The minimum atomic E-state index is -1.28. The zero-order valence-corrected chi connectivity index (χ0v) is 7.98. The highest BCUT2D eigenvalue weighted by Crippen LogP contribution is 2.11. The normalized spacial score (nSPS) is 10.8. The molecule has 80 valence electrons. The third-order valence-corrected chi connectivity index (χ3v) is 1.83. The Hall–Kier alpha value is -1.68. The molecule has 0 spiro atoms. The smallest absolute Gasteiger partial charge is 0.338 e. The van der Waals surface area contributed by atoms with Gasteiger partial charge in [0.25, 0.3) is 0 Å². The zero-order valence-electron chi connectivity index (χ0n) is 7.98. The van der Waals surface area contributed by atoms with Crippen LogP contribution in [0.25, 0.3) is 6.08 Å². The first-order valence-corrected chi connectivity index (χ1v) is 4.45. The van der Waals surface area contributed by atoms with Gasteiger partial charge in [0.2, 0.25) is 0 Å². The minimum Gasteiger partial charge on any atom is -0.478 e. The summed E-state index contributed by atoms with van der Waals surface area (Å²) >= 11 is 0. The van der Waals surface area contributed by atoms with Crippen LogP contribution in [0.2, 0.25) is 0 Å². The lowest BCUT2D eigenvalue weighted by molar-refractivity contribution is 0.0692. The van der Waals surface area contributed by atoms with Crippen molar-refractivity contribution in [2.24, 2.45) is 0 Å². The van der Waals surface area contributed by atoms with Gasteiger partial charge in [0.1, 0.15) is 5.82 Å². The zero-order chi connectivity index (χ0) is 11.3. The largest absolute Gasteiger partial charge is 0.478 e. The van der Waals surface area contributed by atoms with E-state index in [-0.39, 0.29) is 12.2 Å². The summed E-state index contributed by atoms with van der Waals surface area (Å²) < 4.78 is 13.1. The van der Waals surface area contributed by atoms with Crippen molar-refractivity contribution in [3.05, 3.63) is 41.2 Å². The van der Waals surface area contributed by atoms with Crippen molar-refractivity contribution in [2.45, 2.75) is 6.42 Å². The molecule has 0 amide bonds. The summed E-state index contributed by atoms with van der Waals surface area (Å²) in [6, 6.07) is 3.88. The molecule has 0 aliphatic heterocycles. The first kappa shape index (κ1) is 11.4. The summed E-state index contributed by atoms with van der Waals surface area (Å²) in [4.78, 5) is 10.5. The van der Waals surface area contributed by atoms with Crippen LogP contribution in [0.5, 0.6) is 0 Å². The molecule has 0 saturated heterocycles. The van der Waals surface area contributed by atoms with Gasteiger partial charge >= 0.3 is 5.97 Å². The summed E-state index contributed by atoms with van der Waals surface area (Å²) in [5, 5.41) is 17.1. The average molecular weight is 210 g/mol. The Morgan fingerprint density at radius 2 is 2.20 bits per heavy atom. The van der Waals surface area contributed by atoms with Crippen LogP contribution in [-0.2, 0) is 0 Å². The topological polar surface area (TPSA) is 57.5 Å². The van der Waals surface area contributed by atoms with E-state index in [0.29, 0.717) is 12.0 Å². The number of carbonyl (C=O) groups is 1. The summed E-state index contributed by atoms with van der Waals surface area (Å²) in [6.07, 6.45) is 3.81. The van der Waals surface area contributed by atoms with Gasteiger partial charge in [-0.05, 0) is 24.1 Å². The van der Waals surface area contributed by atoms with Gasteiger partial charge in [0, 0.05) is 6.61 Å². The number of benzene rings is 1. The Labute approximate surface area is 86.5 Å². The fourth-order valence-electron chi connectivity index (χ4n) is 1.10. The third-order valence-electron chi connectivity index (χ3n) is 1.83. The summed E-state index contributed by atoms with van der Waals surface area (Å²) in [6.45, 7) is 0.0339. The van der Waals surface area contributed by atoms with Crippen molar-refractivity contribution in [2.75, 3.05) is 6.61 Å². The lowest BCUT2D eigenvalue weighted by Gasteiger charge is -1.98. The van der Waals surface area contributed by atoms with Crippen LogP contribution < -0.4 is 0 Å². The number of hydrogen-bond donors (Lipinski definition) is 2. The third kappa shape index (κ3) is 3.18. The van der Waals surface area contributed by atoms with Gasteiger partial charge in [-0.15, -0.1) is 0 Å². The number of halogens is 1. The Kier molecular flexibility index (Phi) is 4.00. The first-order valence-electron chi connectivity index (χ1n) is 4.45. The molecule has 0 radical (unpaired) electrons. The number of aliphatic hydroxyl groups excluding tert-OH is 1. The van der Waals surface area contributed by atoms with E-state index in [2.05, 4.69) is 0 Å². The summed E-state index contributed by atoms with van der Waals surface area (Å²) in [5.41, 5.74) is 0.236. The van der Waals surface area contributed by atoms with Gasteiger partial charge in [-0.2, -0.15) is 0 Å². The molecular formula is C11H11FO3. The average Bonchev–Trinajstić information content (AvgIpc) is 2.17. The number of carboxylic acid groups (broad SMARTS) is 1. The van der Waals surface area contributed by atoms with E-state index in [1.807, 2.05) is 0 Å². The molecule has 0 heterocycles. The highest BCUT2D eigenvalue weighted by atomic mass is 19.1. The van der Waals surface area contributed by atoms with Gasteiger partial charge in [0.05, 0.1) is 5.56 Å². The highest BCUT2D eigenvalue weighted by molar-refractivity contribution is 5.88. The number of aliphatic hydroxyl groups is 1. The summed E-state index contributed by atoms with van der Waals surface area (Å²) in [5.74, 6) is -2.04. The number of aromatic carboxylic acids is 1. The SMILES string of the molecule is O=C(O)c1ccc(C=CCCO)cc1F. The van der Waals surface area contributed by atoms with Crippen LogP contribution in [-0.4, -0.2) is 22.8 Å². The molecule has 15 heavy (non-hydrogen) atoms. The maximum absolute atomic E-state index is 13.1. The molecule has 0 aliphatic rings. The fourth-order valence-corrected chi connectivity index (χ4v) is 1.10. The summed E-state index contributed by atoms with van der Waals surface area (Å²) in [7, 11) is 0. The van der Waals surface area contributed by atoms with E-state index in [9.17, 15) is 9.18 Å². The maximum atomic E-state index is 13.1. The Bertz CT molecular complexity index is 385. The van der Waals surface area contributed by atoms with Crippen LogP contribution in [0, 0.1) is 5.82 Å². The van der Waals surface area contributed by atoms with E-state index in [0.717, 1.165) is 6.07 Å². The van der Waals surface area contributed by atoms with Crippen molar-refractivity contribution < 1.29 is 19.4 Å². The molecule has 1 aromatic carbocycles. The van der Waals surface area contributed by atoms with Crippen LogP contribution in [0.15, 0.2) is 24.3 Å². The number of carboxylic acids is 1. The second kappa shape index (κ2) is 5.26. The van der Waals surface area contributed by atoms with Crippen LogP contribution in [0.3, 0.4) is 0 Å². The monoisotopic (exact) mass is 210 g/mol. The van der Waals surface area contributed by atoms with Crippen LogP contribution in [0.1, 0.15) is 22.3 Å². The van der Waals surface area contributed by atoms with Crippen molar-refractivity contribution in [3.63, 3.8) is 0 Å². The number of rotatable bonds is 4. The fraction of sp³-hybridized carbons (Fsp3) is 0.182. The molecule has 0 aromatic heterocycles. The van der Waals surface area contributed by atoms with Crippen molar-refractivity contribution in [1.29, 1.82) is 0 Å². The van der Waals surface area contributed by atoms with E-state index in [1.165, 1.54) is 12.1 Å². The molecule has 0 unspecified atom stereocenters. The Balaban J connectivity index is 2.87. The van der Waals surface area contributed by atoms with Crippen LogP contribution in [0.4, 0.5) is 4.39 Å². The molecule has 1 aromatic rings. The van der Waals surface area contributed by atoms with E-state index in [1.54, 1.807) is 12.2 Å². The standard InChI is InChI=1S/C11H11FO3/c12-10-7-8(3-1-2-6-13)4-5-9(10)11(14)15/h1,3-5,7,13H,2,6H2,(H,14,15). The molecule has 0 aliphatic carbocycles. The molecular weight excluding hydrogens is 199 g/mol. The molecule has 0 fully saturated rings. The molecule has 0 saturated carbocycles. The molecule has 1 rings (SSSR count). The highest BCUT2D eigenvalue weighted by Gasteiger charge is 2.08. The molecule has 4 heteroatoms. The molecule has 0 atom stereocenters. The lowest BCUT2D eigenvalue weighted by Crippen LogP contribution is -2.00. The van der Waals surface area contributed by atoms with Gasteiger partial charge in [-0.1, -0.05) is 18.2 Å².